The van der Waals surface area contributed by atoms with E-state index < -0.39 is 0 Å². The lowest BCUT2D eigenvalue weighted by Crippen LogP contribution is -2.47. The number of benzene rings is 1. The summed E-state index contributed by atoms with van der Waals surface area (Å²) in [6.45, 7) is 0. The van der Waals surface area contributed by atoms with E-state index in [0.29, 0.717) is 0 Å². The first kappa shape index (κ1) is 14.4. The minimum Gasteiger partial charge on any atom is -0.376 e. The second kappa shape index (κ2) is 6.46. The normalized spacial score (nSPS) is 20.8. The van der Waals surface area contributed by atoms with Crippen LogP contribution in [0.5, 0.6) is 0 Å². The van der Waals surface area contributed by atoms with Crippen LogP contribution in [-0.2, 0) is 4.74 Å². The third-order valence-corrected chi connectivity index (χ3v) is 4.23. The Morgan fingerprint density at radius 1 is 1.26 bits per heavy atom. The van der Waals surface area contributed by atoms with Gasteiger partial charge in [0, 0.05) is 7.11 Å². The van der Waals surface area contributed by atoms with Gasteiger partial charge >= 0.3 is 0 Å². The van der Waals surface area contributed by atoms with Crippen LogP contribution in [0.15, 0.2) is 24.3 Å². The van der Waals surface area contributed by atoms with Gasteiger partial charge in [0.15, 0.2) is 0 Å². The van der Waals surface area contributed by atoms with Crippen LogP contribution in [0, 0.1) is 5.82 Å². The first-order chi connectivity index (χ1) is 9.22. The van der Waals surface area contributed by atoms with E-state index in [9.17, 15) is 4.39 Å². The maximum absolute atomic E-state index is 13.4. The summed E-state index contributed by atoms with van der Waals surface area (Å²) in [5.41, 5.74) is 3.36. The van der Waals surface area contributed by atoms with Crippen LogP contribution >= 0.6 is 0 Å². The van der Waals surface area contributed by atoms with E-state index >= 15 is 0 Å². The minimum absolute atomic E-state index is 0.175. The Bertz CT molecular complexity index is 403. The molecular weight excluding hydrogens is 243 g/mol. The first-order valence-corrected chi connectivity index (χ1v) is 6.98. The molecule has 2 rings (SSSR count). The summed E-state index contributed by atoms with van der Waals surface area (Å²) in [6, 6.07) is 6.43. The summed E-state index contributed by atoms with van der Waals surface area (Å²) < 4.78 is 19.3. The van der Waals surface area contributed by atoms with E-state index in [4.69, 9.17) is 10.6 Å². The molecular formula is C15H23FN2O. The molecule has 0 saturated heterocycles. The molecule has 1 aromatic carbocycles. The first-order valence-electron chi connectivity index (χ1n) is 6.98. The second-order valence-corrected chi connectivity index (χ2v) is 5.34. The lowest BCUT2D eigenvalue weighted by molar-refractivity contribution is -0.0541. The minimum atomic E-state index is -0.334. The van der Waals surface area contributed by atoms with E-state index in [2.05, 4.69) is 5.43 Å². The highest BCUT2D eigenvalue weighted by atomic mass is 19.1. The highest BCUT2D eigenvalue weighted by Gasteiger charge is 2.39. The molecule has 0 radical (unpaired) electrons. The lowest BCUT2D eigenvalue weighted by Gasteiger charge is -2.39. The SMILES string of the molecule is COC1(C(NN)c2cccc(F)c2)CCCCCC1. The van der Waals surface area contributed by atoms with Crippen molar-refractivity contribution >= 4 is 0 Å². The third-order valence-electron chi connectivity index (χ3n) is 4.23. The number of hydrazine groups is 1. The van der Waals surface area contributed by atoms with Crippen LogP contribution in [0.25, 0.3) is 0 Å². The van der Waals surface area contributed by atoms with Crippen LogP contribution < -0.4 is 11.3 Å². The summed E-state index contributed by atoms with van der Waals surface area (Å²) in [5, 5.41) is 0. The van der Waals surface area contributed by atoms with Crippen LogP contribution in [0.1, 0.15) is 50.1 Å². The van der Waals surface area contributed by atoms with Crippen molar-refractivity contribution in [2.45, 2.75) is 50.2 Å². The molecule has 0 aromatic heterocycles. The summed E-state index contributed by atoms with van der Waals surface area (Å²) >= 11 is 0. The molecule has 1 aromatic rings. The standard InChI is InChI=1S/C15H23FN2O/c1-19-15(9-4-2-3-5-10-15)14(18-17)12-7-6-8-13(16)11-12/h6-8,11,14,18H,2-5,9-10,17H2,1H3. The molecule has 0 aliphatic heterocycles. The van der Waals surface area contributed by atoms with Crippen molar-refractivity contribution in [3.63, 3.8) is 0 Å². The van der Waals surface area contributed by atoms with Gasteiger partial charge in [0.1, 0.15) is 5.82 Å². The fourth-order valence-corrected chi connectivity index (χ4v) is 3.18. The van der Waals surface area contributed by atoms with Gasteiger partial charge in [0.25, 0.3) is 0 Å². The van der Waals surface area contributed by atoms with Crippen molar-refractivity contribution in [1.29, 1.82) is 0 Å². The Morgan fingerprint density at radius 2 is 1.95 bits per heavy atom. The fourth-order valence-electron chi connectivity index (χ4n) is 3.18. The lowest BCUT2D eigenvalue weighted by atomic mass is 9.82. The molecule has 4 heteroatoms. The van der Waals surface area contributed by atoms with Gasteiger partial charge in [-0.05, 0) is 30.5 Å². The summed E-state index contributed by atoms with van der Waals surface area (Å²) in [5.74, 6) is 5.51. The summed E-state index contributed by atoms with van der Waals surface area (Å²) in [4.78, 5) is 0. The van der Waals surface area contributed by atoms with E-state index in [-0.39, 0.29) is 17.5 Å². The fraction of sp³-hybridized carbons (Fsp3) is 0.600. The largest absolute Gasteiger partial charge is 0.376 e. The molecule has 1 aliphatic carbocycles. The Balaban J connectivity index is 2.32. The molecule has 106 valence electrons. The topological polar surface area (TPSA) is 47.3 Å². The van der Waals surface area contributed by atoms with Crippen LogP contribution in [-0.4, -0.2) is 12.7 Å². The predicted octanol–water partition coefficient (Wildman–Crippen LogP) is 3.07. The van der Waals surface area contributed by atoms with Crippen molar-refractivity contribution < 1.29 is 9.13 Å². The Hall–Kier alpha value is -0.970. The number of hydrogen-bond acceptors (Lipinski definition) is 3. The van der Waals surface area contributed by atoms with Gasteiger partial charge in [0.2, 0.25) is 0 Å². The van der Waals surface area contributed by atoms with Crippen LogP contribution in [0.2, 0.25) is 0 Å². The molecule has 1 fully saturated rings. The Labute approximate surface area is 114 Å². The quantitative estimate of drug-likeness (QED) is 0.500. The Kier molecular flexibility index (Phi) is 4.91. The Morgan fingerprint density at radius 3 is 2.47 bits per heavy atom. The van der Waals surface area contributed by atoms with Crippen molar-refractivity contribution in [1.82, 2.24) is 5.43 Å². The van der Waals surface area contributed by atoms with Gasteiger partial charge < -0.3 is 4.74 Å². The number of methoxy groups -OCH3 is 1. The van der Waals surface area contributed by atoms with E-state index in [1.807, 2.05) is 6.07 Å². The zero-order valence-corrected chi connectivity index (χ0v) is 11.5. The third kappa shape index (κ3) is 3.14. The van der Waals surface area contributed by atoms with Crippen molar-refractivity contribution in [3.8, 4) is 0 Å². The molecule has 0 amide bonds. The average molecular weight is 266 g/mol. The van der Waals surface area contributed by atoms with Gasteiger partial charge in [-0.15, -0.1) is 0 Å². The zero-order chi connectivity index (χ0) is 13.7. The smallest absolute Gasteiger partial charge is 0.123 e. The van der Waals surface area contributed by atoms with Crippen LogP contribution in [0.3, 0.4) is 0 Å². The molecule has 0 heterocycles. The molecule has 1 unspecified atom stereocenters. The molecule has 1 aliphatic rings. The second-order valence-electron chi connectivity index (χ2n) is 5.34. The highest BCUT2D eigenvalue weighted by Crippen LogP contribution is 2.39. The van der Waals surface area contributed by atoms with Crippen molar-refractivity contribution in [2.24, 2.45) is 5.84 Å². The van der Waals surface area contributed by atoms with E-state index in [0.717, 1.165) is 31.2 Å². The molecule has 3 nitrogen and oxygen atoms in total. The maximum atomic E-state index is 13.4. The number of nitrogens with one attached hydrogen (secondary N) is 1. The average Bonchev–Trinajstić information content (AvgIpc) is 2.66. The number of nitrogens with two attached hydrogens (primary N) is 1. The van der Waals surface area contributed by atoms with E-state index in [1.165, 1.54) is 25.0 Å². The number of ether oxygens (including phenoxy) is 1. The molecule has 19 heavy (non-hydrogen) atoms. The molecule has 1 saturated carbocycles. The van der Waals surface area contributed by atoms with E-state index in [1.54, 1.807) is 13.2 Å². The van der Waals surface area contributed by atoms with Crippen molar-refractivity contribution in [3.05, 3.63) is 35.6 Å². The van der Waals surface area contributed by atoms with Gasteiger partial charge in [-0.3, -0.25) is 11.3 Å². The maximum Gasteiger partial charge on any atom is 0.123 e. The zero-order valence-electron chi connectivity index (χ0n) is 11.5. The number of hydrogen-bond donors (Lipinski definition) is 2. The van der Waals surface area contributed by atoms with Gasteiger partial charge in [-0.2, -0.15) is 0 Å². The monoisotopic (exact) mass is 266 g/mol. The molecule has 3 N–H and O–H groups in total. The van der Waals surface area contributed by atoms with Gasteiger partial charge in [0.05, 0.1) is 11.6 Å². The van der Waals surface area contributed by atoms with Crippen molar-refractivity contribution in [2.75, 3.05) is 7.11 Å². The van der Waals surface area contributed by atoms with Gasteiger partial charge in [-0.1, -0.05) is 37.8 Å². The molecule has 0 bridgehead atoms. The highest BCUT2D eigenvalue weighted by molar-refractivity contribution is 5.23. The molecule has 0 spiro atoms. The van der Waals surface area contributed by atoms with Crippen LogP contribution in [0.4, 0.5) is 4.39 Å². The number of rotatable bonds is 4. The predicted molar refractivity (Wildman–Crippen MR) is 73.9 cm³/mol. The number of halogens is 1. The van der Waals surface area contributed by atoms with Gasteiger partial charge in [-0.25, -0.2) is 4.39 Å². The summed E-state index contributed by atoms with van der Waals surface area (Å²) in [6.07, 6.45) is 6.61. The molecule has 1 atom stereocenters. The summed E-state index contributed by atoms with van der Waals surface area (Å²) in [7, 11) is 1.73.